The Morgan fingerprint density at radius 2 is 1.64 bits per heavy atom. The predicted octanol–water partition coefficient (Wildman–Crippen LogP) is 5.10. The molecule has 0 bridgehead atoms. The summed E-state index contributed by atoms with van der Waals surface area (Å²) < 4.78 is 0. The molecule has 2 aliphatic heterocycles. The number of nitrogens with one attached hydrogen (secondary N) is 3. The van der Waals surface area contributed by atoms with Crippen molar-refractivity contribution >= 4 is 40.2 Å². The number of hydrogen-bond acceptors (Lipinski definition) is 5. The molecule has 0 unspecified atom stereocenters. The molecule has 0 saturated carbocycles. The fraction of sp³-hybridized carbons (Fsp3) is 0.241. The van der Waals surface area contributed by atoms with Crippen LogP contribution in [-0.4, -0.2) is 41.5 Å². The van der Waals surface area contributed by atoms with Crippen molar-refractivity contribution in [2.24, 2.45) is 0 Å². The molecule has 7 heteroatoms. The van der Waals surface area contributed by atoms with E-state index in [2.05, 4.69) is 45.1 Å². The van der Waals surface area contributed by atoms with Gasteiger partial charge in [-0.25, -0.2) is 0 Å². The molecule has 0 spiro atoms. The number of carboxylic acids is 1. The number of piperidine rings is 1. The first-order valence-corrected chi connectivity index (χ1v) is 12.4. The average molecular weight is 483 g/mol. The third-order valence-corrected chi connectivity index (χ3v) is 6.60. The Morgan fingerprint density at radius 1 is 0.917 bits per heavy atom. The fourth-order valence-electron chi connectivity index (χ4n) is 4.81. The second kappa shape index (κ2) is 10.7. The summed E-state index contributed by atoms with van der Waals surface area (Å²) in [6, 6.07) is 23.6. The van der Waals surface area contributed by atoms with Gasteiger partial charge >= 0.3 is 5.97 Å². The second-order valence-electron chi connectivity index (χ2n) is 9.24. The number of carbonyl (C=O) groups is 2. The monoisotopic (exact) mass is 482 g/mol. The van der Waals surface area contributed by atoms with Gasteiger partial charge < -0.3 is 21.1 Å². The van der Waals surface area contributed by atoms with Gasteiger partial charge in [0.2, 0.25) is 0 Å². The van der Waals surface area contributed by atoms with Crippen molar-refractivity contribution in [2.75, 3.05) is 35.6 Å². The lowest BCUT2D eigenvalue weighted by atomic mass is 9.99. The summed E-state index contributed by atoms with van der Waals surface area (Å²) in [5, 5.41) is 18.2. The summed E-state index contributed by atoms with van der Waals surface area (Å²) in [6.07, 6.45) is 3.87. The van der Waals surface area contributed by atoms with Gasteiger partial charge in [-0.2, -0.15) is 0 Å². The molecule has 1 fully saturated rings. The Morgan fingerprint density at radius 3 is 2.36 bits per heavy atom. The molecule has 1 amide bonds. The molecular weight excluding hydrogens is 452 g/mol. The van der Waals surface area contributed by atoms with Crippen molar-refractivity contribution < 1.29 is 14.7 Å². The first kappa shape index (κ1) is 23.6. The highest BCUT2D eigenvalue weighted by molar-refractivity contribution is 6.37. The van der Waals surface area contributed by atoms with Crippen LogP contribution in [0.1, 0.15) is 36.0 Å². The highest BCUT2D eigenvalue weighted by Gasteiger charge is 2.28. The summed E-state index contributed by atoms with van der Waals surface area (Å²) in [4.78, 5) is 26.6. The van der Waals surface area contributed by atoms with E-state index in [-0.39, 0.29) is 12.5 Å². The zero-order valence-electron chi connectivity index (χ0n) is 20.1. The van der Waals surface area contributed by atoms with Crippen molar-refractivity contribution in [2.45, 2.75) is 25.8 Å². The van der Waals surface area contributed by atoms with Gasteiger partial charge in [-0.1, -0.05) is 48.9 Å². The highest BCUT2D eigenvalue weighted by atomic mass is 16.4. The van der Waals surface area contributed by atoms with Crippen molar-refractivity contribution in [3.63, 3.8) is 0 Å². The third-order valence-electron chi connectivity index (χ3n) is 6.60. The van der Waals surface area contributed by atoms with Gasteiger partial charge in [0.1, 0.15) is 6.54 Å². The highest BCUT2D eigenvalue weighted by Crippen LogP contribution is 2.38. The van der Waals surface area contributed by atoms with Gasteiger partial charge in [-0.15, -0.1) is 0 Å². The molecule has 2 heterocycles. The minimum absolute atomic E-state index is 0.194. The molecule has 5 rings (SSSR count). The lowest BCUT2D eigenvalue weighted by Crippen LogP contribution is -2.29. The van der Waals surface area contributed by atoms with Crippen LogP contribution in [0.2, 0.25) is 0 Å². The van der Waals surface area contributed by atoms with Crippen LogP contribution in [0, 0.1) is 0 Å². The lowest BCUT2D eigenvalue weighted by Gasteiger charge is -2.26. The van der Waals surface area contributed by atoms with Crippen LogP contribution in [0.25, 0.3) is 11.3 Å². The zero-order chi connectivity index (χ0) is 24.9. The molecule has 7 nitrogen and oxygen atoms in total. The van der Waals surface area contributed by atoms with Gasteiger partial charge in [0.25, 0.3) is 5.91 Å². The van der Waals surface area contributed by atoms with E-state index in [1.807, 2.05) is 36.4 Å². The Kier molecular flexibility index (Phi) is 7.00. The van der Waals surface area contributed by atoms with Crippen molar-refractivity contribution in [3.05, 3.63) is 89.5 Å². The Hall–Kier alpha value is -4.10. The fourth-order valence-corrected chi connectivity index (χ4v) is 4.81. The van der Waals surface area contributed by atoms with E-state index >= 15 is 0 Å². The van der Waals surface area contributed by atoms with E-state index in [0.717, 1.165) is 42.1 Å². The van der Waals surface area contributed by atoms with Crippen LogP contribution < -0.4 is 16.0 Å². The maximum Gasteiger partial charge on any atom is 0.322 e. The van der Waals surface area contributed by atoms with Crippen molar-refractivity contribution in [1.29, 1.82) is 0 Å². The van der Waals surface area contributed by atoms with Gasteiger partial charge in [0, 0.05) is 23.5 Å². The van der Waals surface area contributed by atoms with Crippen LogP contribution in [0.3, 0.4) is 0 Å². The van der Waals surface area contributed by atoms with Crippen LogP contribution in [-0.2, 0) is 16.1 Å². The van der Waals surface area contributed by atoms with Gasteiger partial charge in [0.05, 0.1) is 17.0 Å². The molecule has 3 aromatic carbocycles. The topological polar surface area (TPSA) is 93.7 Å². The first-order valence-electron chi connectivity index (χ1n) is 12.4. The minimum Gasteiger partial charge on any atom is -0.480 e. The number of carbonyl (C=O) groups excluding carboxylic acids is 1. The summed E-state index contributed by atoms with van der Waals surface area (Å²) in [5.74, 6) is -1.15. The molecule has 3 aromatic rings. The van der Waals surface area contributed by atoms with E-state index in [1.165, 1.54) is 24.8 Å². The number of likely N-dealkylation sites (tertiary alicyclic amines) is 1. The number of aliphatic carboxylic acids is 1. The Labute approximate surface area is 210 Å². The van der Waals surface area contributed by atoms with Crippen molar-refractivity contribution in [1.82, 2.24) is 4.90 Å². The number of rotatable bonds is 8. The van der Waals surface area contributed by atoms with Crippen LogP contribution in [0.15, 0.2) is 72.8 Å². The number of nitrogens with zero attached hydrogens (tertiary/aromatic N) is 1. The second-order valence-corrected chi connectivity index (χ2v) is 9.24. The maximum absolute atomic E-state index is 13.2. The van der Waals surface area contributed by atoms with Crippen molar-refractivity contribution in [3.8, 4) is 0 Å². The van der Waals surface area contributed by atoms with E-state index in [9.17, 15) is 9.59 Å². The molecule has 1 saturated heterocycles. The number of fused-ring (bicyclic) bond motifs is 1. The lowest BCUT2D eigenvalue weighted by molar-refractivity contribution is -0.134. The van der Waals surface area contributed by atoms with E-state index < -0.39 is 5.97 Å². The molecule has 184 valence electrons. The largest absolute Gasteiger partial charge is 0.480 e. The summed E-state index contributed by atoms with van der Waals surface area (Å²) >= 11 is 0. The average Bonchev–Trinajstić information content (AvgIpc) is 3.23. The van der Waals surface area contributed by atoms with E-state index in [4.69, 9.17) is 5.11 Å². The zero-order valence-corrected chi connectivity index (χ0v) is 20.1. The van der Waals surface area contributed by atoms with Crippen LogP contribution >= 0.6 is 0 Å². The minimum atomic E-state index is -0.947. The van der Waals surface area contributed by atoms with Gasteiger partial charge in [-0.3, -0.25) is 14.5 Å². The SMILES string of the molecule is O=C(O)CNc1ccc2c(c1)NC(=O)/C2=C(\Nc1ccc(CN2CCCCC2)cc1)c1ccccc1. The molecule has 0 aliphatic carbocycles. The molecule has 4 N–H and O–H groups in total. The number of amides is 1. The molecule has 0 aromatic heterocycles. The number of carboxylic acid groups (broad SMARTS) is 1. The Bertz CT molecular complexity index is 1280. The number of anilines is 3. The first-order chi connectivity index (χ1) is 17.6. The smallest absolute Gasteiger partial charge is 0.322 e. The molecule has 0 radical (unpaired) electrons. The summed E-state index contributed by atoms with van der Waals surface area (Å²) in [7, 11) is 0. The Balaban J connectivity index is 1.44. The normalized spacial score (nSPS) is 16.7. The van der Waals surface area contributed by atoms with E-state index in [0.29, 0.717) is 16.9 Å². The molecule has 2 aliphatic rings. The van der Waals surface area contributed by atoms with Gasteiger partial charge in [-0.05, 0) is 67.4 Å². The number of hydrogen-bond donors (Lipinski definition) is 4. The molecular formula is C29H30N4O3. The van der Waals surface area contributed by atoms with Crippen LogP contribution in [0.5, 0.6) is 0 Å². The van der Waals surface area contributed by atoms with Crippen LogP contribution in [0.4, 0.5) is 17.1 Å². The number of benzene rings is 3. The summed E-state index contributed by atoms with van der Waals surface area (Å²) in [5.41, 5.74) is 6.43. The predicted molar refractivity (Wildman–Crippen MR) is 144 cm³/mol. The van der Waals surface area contributed by atoms with Gasteiger partial charge in [0.15, 0.2) is 0 Å². The molecule has 36 heavy (non-hydrogen) atoms. The third kappa shape index (κ3) is 5.42. The quantitative estimate of drug-likeness (QED) is 0.334. The maximum atomic E-state index is 13.2. The summed E-state index contributed by atoms with van der Waals surface area (Å²) in [6.45, 7) is 3.08. The van der Waals surface area contributed by atoms with E-state index in [1.54, 1.807) is 12.1 Å². The standard InChI is InChI=1S/C29H30N4O3/c34-26(35)18-30-23-13-14-24-25(17-23)32-29(36)27(24)28(21-7-3-1-4-8-21)31-22-11-9-20(10-12-22)19-33-15-5-2-6-16-33/h1,3-4,7-14,17,30-31H,2,5-6,15-16,18-19H2,(H,32,36)(H,34,35)/b28-27-. The molecule has 0 atom stereocenters.